The lowest BCUT2D eigenvalue weighted by Gasteiger charge is -2.21. The predicted molar refractivity (Wildman–Crippen MR) is 71.7 cm³/mol. The van der Waals surface area contributed by atoms with Crippen molar-refractivity contribution < 1.29 is 27.8 Å². The number of carbonyl (C=O) groups is 1. The molecule has 0 spiro atoms. The summed E-state index contributed by atoms with van der Waals surface area (Å²) >= 11 is 5.70. The van der Waals surface area contributed by atoms with Crippen LogP contribution in [0, 0.1) is 0 Å². The number of rotatable bonds is 8. The molecule has 21 heavy (non-hydrogen) atoms. The third-order valence-corrected chi connectivity index (χ3v) is 2.71. The van der Waals surface area contributed by atoms with E-state index >= 15 is 0 Å². The van der Waals surface area contributed by atoms with E-state index in [0.717, 1.165) is 4.90 Å². The fraction of sp³-hybridized carbons (Fsp3) is 0.462. The zero-order valence-electron chi connectivity index (χ0n) is 11.1. The Balaban J connectivity index is 2.35. The Morgan fingerprint density at radius 2 is 1.90 bits per heavy atom. The number of aliphatic carboxylic acids is 1. The second kappa shape index (κ2) is 8.09. The Bertz CT molecular complexity index is 451. The van der Waals surface area contributed by atoms with Gasteiger partial charge in [-0.1, -0.05) is 11.6 Å². The van der Waals surface area contributed by atoms with E-state index in [0.29, 0.717) is 10.8 Å². The van der Waals surface area contributed by atoms with Crippen LogP contribution in [0.1, 0.15) is 6.42 Å². The summed E-state index contributed by atoms with van der Waals surface area (Å²) in [6.07, 6.45) is -4.14. The first-order valence-electron chi connectivity index (χ1n) is 6.15. The van der Waals surface area contributed by atoms with E-state index in [4.69, 9.17) is 21.4 Å². The van der Waals surface area contributed by atoms with Crippen LogP contribution in [0.15, 0.2) is 24.3 Å². The Hall–Kier alpha value is -1.47. The summed E-state index contributed by atoms with van der Waals surface area (Å²) in [6, 6.07) is 6.56. The van der Waals surface area contributed by atoms with Gasteiger partial charge in [0.2, 0.25) is 0 Å². The first-order chi connectivity index (χ1) is 9.76. The summed E-state index contributed by atoms with van der Waals surface area (Å²) in [6.45, 7) is -1.73. The van der Waals surface area contributed by atoms with Crippen molar-refractivity contribution in [1.82, 2.24) is 4.90 Å². The Kier molecular flexibility index (Phi) is 6.77. The summed E-state index contributed by atoms with van der Waals surface area (Å²) in [5.41, 5.74) is 0. The molecule has 0 aliphatic heterocycles. The number of benzene rings is 1. The van der Waals surface area contributed by atoms with Gasteiger partial charge in [0.25, 0.3) is 0 Å². The van der Waals surface area contributed by atoms with Crippen LogP contribution < -0.4 is 4.74 Å². The minimum Gasteiger partial charge on any atom is -0.494 e. The molecule has 0 heterocycles. The molecule has 0 amide bonds. The molecule has 8 heteroatoms. The van der Waals surface area contributed by atoms with Crippen molar-refractivity contribution in [1.29, 1.82) is 0 Å². The van der Waals surface area contributed by atoms with Crippen LogP contribution >= 0.6 is 11.6 Å². The Morgan fingerprint density at radius 1 is 1.29 bits per heavy atom. The second-order valence-corrected chi connectivity index (χ2v) is 4.81. The molecule has 0 unspecified atom stereocenters. The summed E-state index contributed by atoms with van der Waals surface area (Å²) < 4.78 is 42.2. The summed E-state index contributed by atoms with van der Waals surface area (Å²) in [4.78, 5) is 11.4. The number of carboxylic acid groups (broad SMARTS) is 1. The number of alkyl halides is 3. The number of hydrogen-bond donors (Lipinski definition) is 1. The van der Waals surface area contributed by atoms with Crippen molar-refractivity contribution in [2.75, 3.05) is 26.2 Å². The van der Waals surface area contributed by atoms with Gasteiger partial charge < -0.3 is 9.84 Å². The first-order valence-corrected chi connectivity index (χ1v) is 6.53. The van der Waals surface area contributed by atoms with Crippen molar-refractivity contribution in [3.05, 3.63) is 29.3 Å². The predicted octanol–water partition coefficient (Wildman–Crippen LogP) is 3.06. The molecule has 0 bridgehead atoms. The molecule has 0 saturated carbocycles. The maximum atomic E-state index is 12.3. The molecular formula is C13H15ClF3NO3. The van der Waals surface area contributed by atoms with Crippen molar-refractivity contribution in [2.24, 2.45) is 0 Å². The van der Waals surface area contributed by atoms with E-state index in [1.165, 1.54) is 0 Å². The molecule has 0 radical (unpaired) electrons. The van der Waals surface area contributed by atoms with Gasteiger partial charge in [-0.3, -0.25) is 9.69 Å². The van der Waals surface area contributed by atoms with Gasteiger partial charge in [-0.15, -0.1) is 0 Å². The molecule has 1 N–H and O–H groups in total. The lowest BCUT2D eigenvalue weighted by atomic mass is 10.3. The fourth-order valence-corrected chi connectivity index (χ4v) is 1.79. The topological polar surface area (TPSA) is 49.8 Å². The smallest absolute Gasteiger partial charge is 0.401 e. The van der Waals surface area contributed by atoms with Crippen LogP contribution in [0.25, 0.3) is 0 Å². The van der Waals surface area contributed by atoms with Gasteiger partial charge >= 0.3 is 12.1 Å². The SMILES string of the molecule is O=C(O)CN(CCCOc1ccc(Cl)cc1)CC(F)(F)F. The van der Waals surface area contributed by atoms with Gasteiger partial charge in [0.1, 0.15) is 5.75 Å². The number of halogens is 4. The zero-order valence-corrected chi connectivity index (χ0v) is 11.8. The summed E-state index contributed by atoms with van der Waals surface area (Å²) in [7, 11) is 0. The van der Waals surface area contributed by atoms with Crippen molar-refractivity contribution in [3.63, 3.8) is 0 Å². The van der Waals surface area contributed by atoms with Gasteiger partial charge in [0.05, 0.1) is 19.7 Å². The van der Waals surface area contributed by atoms with E-state index in [9.17, 15) is 18.0 Å². The highest BCUT2D eigenvalue weighted by atomic mass is 35.5. The molecule has 0 atom stereocenters. The largest absolute Gasteiger partial charge is 0.494 e. The fourth-order valence-electron chi connectivity index (χ4n) is 1.67. The molecule has 1 rings (SSSR count). The molecule has 1 aromatic rings. The van der Waals surface area contributed by atoms with E-state index in [1.807, 2.05) is 0 Å². The van der Waals surface area contributed by atoms with Crippen LogP contribution in [-0.4, -0.2) is 48.4 Å². The van der Waals surface area contributed by atoms with Crippen LogP contribution in [0.4, 0.5) is 13.2 Å². The second-order valence-electron chi connectivity index (χ2n) is 4.38. The van der Waals surface area contributed by atoms with Gasteiger partial charge in [-0.2, -0.15) is 13.2 Å². The number of ether oxygens (including phenoxy) is 1. The zero-order chi connectivity index (χ0) is 15.9. The highest BCUT2D eigenvalue weighted by molar-refractivity contribution is 6.30. The highest BCUT2D eigenvalue weighted by Gasteiger charge is 2.31. The lowest BCUT2D eigenvalue weighted by molar-refractivity contribution is -0.154. The molecule has 0 fully saturated rings. The number of hydrogen-bond acceptors (Lipinski definition) is 3. The Morgan fingerprint density at radius 3 is 2.43 bits per heavy atom. The molecule has 0 aliphatic rings. The van der Waals surface area contributed by atoms with Crippen LogP contribution in [-0.2, 0) is 4.79 Å². The number of carboxylic acids is 1. The Labute approximate surface area is 125 Å². The average molecular weight is 326 g/mol. The van der Waals surface area contributed by atoms with Gasteiger partial charge in [0, 0.05) is 11.6 Å². The molecule has 4 nitrogen and oxygen atoms in total. The maximum absolute atomic E-state index is 12.3. The molecule has 0 aliphatic carbocycles. The first kappa shape index (κ1) is 17.6. The van der Waals surface area contributed by atoms with Crippen LogP contribution in [0.2, 0.25) is 5.02 Å². The maximum Gasteiger partial charge on any atom is 0.401 e. The third kappa shape index (κ3) is 8.41. The van der Waals surface area contributed by atoms with Crippen molar-refractivity contribution in [2.45, 2.75) is 12.6 Å². The van der Waals surface area contributed by atoms with Crippen LogP contribution in [0.3, 0.4) is 0 Å². The van der Waals surface area contributed by atoms with E-state index in [2.05, 4.69) is 0 Å². The van der Waals surface area contributed by atoms with Gasteiger partial charge in [-0.05, 0) is 30.7 Å². The molecule has 118 valence electrons. The van der Waals surface area contributed by atoms with E-state index < -0.39 is 25.2 Å². The molecular weight excluding hydrogens is 311 g/mol. The molecule has 0 saturated heterocycles. The third-order valence-electron chi connectivity index (χ3n) is 2.46. The van der Waals surface area contributed by atoms with E-state index in [-0.39, 0.29) is 19.6 Å². The summed E-state index contributed by atoms with van der Waals surface area (Å²) in [5, 5.41) is 9.14. The standard InChI is InChI=1S/C13H15ClF3NO3/c14-10-2-4-11(5-3-10)21-7-1-6-18(8-12(19)20)9-13(15,16)17/h2-5H,1,6-9H2,(H,19,20). The minimum absolute atomic E-state index is 0.0145. The quantitative estimate of drug-likeness (QED) is 0.746. The normalized spacial score (nSPS) is 11.7. The number of nitrogens with zero attached hydrogens (tertiary/aromatic N) is 1. The lowest BCUT2D eigenvalue weighted by Crippen LogP contribution is -2.38. The minimum atomic E-state index is -4.42. The monoisotopic (exact) mass is 325 g/mol. The molecule has 0 aromatic heterocycles. The van der Waals surface area contributed by atoms with Crippen molar-refractivity contribution >= 4 is 17.6 Å². The van der Waals surface area contributed by atoms with Crippen LogP contribution in [0.5, 0.6) is 5.75 Å². The van der Waals surface area contributed by atoms with Gasteiger partial charge in [0.15, 0.2) is 0 Å². The highest BCUT2D eigenvalue weighted by Crippen LogP contribution is 2.17. The average Bonchev–Trinajstić information content (AvgIpc) is 2.34. The van der Waals surface area contributed by atoms with Crippen molar-refractivity contribution in [3.8, 4) is 5.75 Å². The van der Waals surface area contributed by atoms with Gasteiger partial charge in [-0.25, -0.2) is 0 Å². The molecule has 1 aromatic carbocycles. The summed E-state index contributed by atoms with van der Waals surface area (Å²) in [5.74, 6) is -0.738. The van der Waals surface area contributed by atoms with E-state index in [1.54, 1.807) is 24.3 Å².